The van der Waals surface area contributed by atoms with Crippen LogP contribution in [0.5, 0.6) is 0 Å². The van der Waals surface area contributed by atoms with Crippen molar-refractivity contribution in [2.24, 2.45) is 0 Å². The molecular weight excluding hydrogens is 707 g/mol. The van der Waals surface area contributed by atoms with E-state index in [2.05, 4.69) is 141 Å². The smallest absolute Gasteiger partial charge is 0.164 e. The van der Waals surface area contributed by atoms with Gasteiger partial charge >= 0.3 is 0 Å². The molecule has 0 fully saturated rings. The number of benzene rings is 8. The fraction of sp³-hybridized carbons (Fsp3) is 0.0556. The Kier molecular flexibility index (Phi) is 7.80. The molecule has 0 spiro atoms. The van der Waals surface area contributed by atoms with E-state index in [0.717, 1.165) is 72.0 Å². The van der Waals surface area contributed by atoms with Gasteiger partial charge in [-0.05, 0) is 68.8 Å². The molecule has 4 heteroatoms. The predicted octanol–water partition coefficient (Wildman–Crippen LogP) is 14.1. The first-order chi connectivity index (χ1) is 28.5. The lowest BCUT2D eigenvalue weighted by atomic mass is 9.81. The second-order valence-electron chi connectivity index (χ2n) is 15.6. The minimum absolute atomic E-state index is 0.102. The average molecular weight is 744 g/mol. The lowest BCUT2D eigenvalue weighted by Gasteiger charge is -2.22. The van der Waals surface area contributed by atoms with Crippen LogP contribution in [0.25, 0.3) is 101 Å². The van der Waals surface area contributed by atoms with E-state index in [1.807, 2.05) is 60.7 Å². The van der Waals surface area contributed by atoms with Crippen LogP contribution in [0, 0.1) is 0 Å². The molecule has 8 aromatic carbocycles. The molecule has 2 heterocycles. The number of furan rings is 1. The van der Waals surface area contributed by atoms with Gasteiger partial charge in [-0.2, -0.15) is 0 Å². The summed E-state index contributed by atoms with van der Waals surface area (Å²) in [5.41, 5.74) is 16.2. The van der Waals surface area contributed by atoms with Crippen LogP contribution < -0.4 is 0 Å². The van der Waals surface area contributed by atoms with E-state index < -0.39 is 0 Å². The molecule has 0 bridgehead atoms. The second kappa shape index (κ2) is 13.4. The monoisotopic (exact) mass is 743 g/mol. The van der Waals surface area contributed by atoms with Crippen molar-refractivity contribution in [2.75, 3.05) is 0 Å². The average Bonchev–Trinajstić information content (AvgIpc) is 3.78. The zero-order valence-electron chi connectivity index (χ0n) is 32.1. The molecule has 0 saturated heterocycles. The number of hydrogen-bond acceptors (Lipinski definition) is 4. The quantitative estimate of drug-likeness (QED) is 0.170. The van der Waals surface area contributed by atoms with Crippen LogP contribution in [0.3, 0.4) is 0 Å². The summed E-state index contributed by atoms with van der Waals surface area (Å²) in [4.78, 5) is 15.0. The fourth-order valence-electron chi connectivity index (χ4n) is 8.77. The van der Waals surface area contributed by atoms with Gasteiger partial charge in [0, 0.05) is 44.0 Å². The van der Waals surface area contributed by atoms with Crippen molar-refractivity contribution in [3.05, 3.63) is 199 Å². The zero-order chi connectivity index (χ0) is 38.8. The number of para-hydroxylation sites is 1. The molecule has 0 atom stereocenters. The van der Waals surface area contributed by atoms with Gasteiger partial charge in [0.05, 0.1) is 0 Å². The molecule has 2 aromatic heterocycles. The Balaban J connectivity index is 1.10. The molecule has 0 amide bonds. The SMILES string of the molecule is CC1(C)c2ccccc2-c2ccc(-c3cccc4c3oc3c(-c5cccc(-c6nc(-c7ccccc7)nc(-c7ccccc7)n6)c5)cc(-c5ccccc5)cc34)cc21. The Morgan fingerprint density at radius 3 is 1.55 bits per heavy atom. The van der Waals surface area contributed by atoms with Crippen molar-refractivity contribution < 1.29 is 4.42 Å². The largest absolute Gasteiger partial charge is 0.455 e. The number of aromatic nitrogens is 3. The third-order valence-corrected chi connectivity index (χ3v) is 11.7. The number of nitrogens with zero attached hydrogens (tertiary/aromatic N) is 3. The highest BCUT2D eigenvalue weighted by Crippen LogP contribution is 2.50. The maximum absolute atomic E-state index is 7.11. The third kappa shape index (κ3) is 5.56. The summed E-state index contributed by atoms with van der Waals surface area (Å²) in [5.74, 6) is 1.87. The van der Waals surface area contributed by atoms with Crippen LogP contribution in [-0.4, -0.2) is 15.0 Å². The Morgan fingerprint density at radius 2 is 0.845 bits per heavy atom. The van der Waals surface area contributed by atoms with E-state index in [1.54, 1.807) is 0 Å². The van der Waals surface area contributed by atoms with Crippen LogP contribution >= 0.6 is 0 Å². The lowest BCUT2D eigenvalue weighted by molar-refractivity contribution is 0.660. The Labute approximate surface area is 337 Å². The summed E-state index contributed by atoms with van der Waals surface area (Å²) in [6, 6.07) is 66.0. The molecule has 10 aromatic rings. The van der Waals surface area contributed by atoms with Crippen molar-refractivity contribution in [3.8, 4) is 78.7 Å². The molecule has 274 valence electrons. The first-order valence-electron chi connectivity index (χ1n) is 19.8. The van der Waals surface area contributed by atoms with Crippen LogP contribution in [-0.2, 0) is 5.41 Å². The van der Waals surface area contributed by atoms with Crippen molar-refractivity contribution in [2.45, 2.75) is 19.3 Å². The molecule has 0 unspecified atom stereocenters. The molecular formula is C54H37N3O. The summed E-state index contributed by atoms with van der Waals surface area (Å²) in [5, 5.41) is 2.16. The minimum atomic E-state index is -0.102. The zero-order valence-corrected chi connectivity index (χ0v) is 32.1. The van der Waals surface area contributed by atoms with E-state index in [-0.39, 0.29) is 5.41 Å². The van der Waals surface area contributed by atoms with Crippen molar-refractivity contribution in [3.63, 3.8) is 0 Å². The van der Waals surface area contributed by atoms with Crippen LogP contribution in [0.1, 0.15) is 25.0 Å². The topological polar surface area (TPSA) is 51.8 Å². The maximum atomic E-state index is 7.11. The van der Waals surface area contributed by atoms with Gasteiger partial charge in [0.25, 0.3) is 0 Å². The van der Waals surface area contributed by atoms with E-state index >= 15 is 0 Å². The second-order valence-corrected chi connectivity index (χ2v) is 15.6. The fourth-order valence-corrected chi connectivity index (χ4v) is 8.77. The molecule has 11 rings (SSSR count). The molecule has 4 nitrogen and oxygen atoms in total. The van der Waals surface area contributed by atoms with Gasteiger partial charge in [-0.25, -0.2) is 15.0 Å². The van der Waals surface area contributed by atoms with Crippen molar-refractivity contribution in [1.29, 1.82) is 0 Å². The molecule has 1 aliphatic rings. The van der Waals surface area contributed by atoms with E-state index in [9.17, 15) is 0 Å². The van der Waals surface area contributed by atoms with Crippen molar-refractivity contribution in [1.82, 2.24) is 15.0 Å². The van der Waals surface area contributed by atoms with Gasteiger partial charge in [-0.15, -0.1) is 0 Å². The highest BCUT2D eigenvalue weighted by atomic mass is 16.3. The van der Waals surface area contributed by atoms with Crippen LogP contribution in [0.4, 0.5) is 0 Å². The van der Waals surface area contributed by atoms with Crippen LogP contribution in [0.2, 0.25) is 0 Å². The number of hydrogen-bond donors (Lipinski definition) is 0. The maximum Gasteiger partial charge on any atom is 0.164 e. The van der Waals surface area contributed by atoms with Crippen LogP contribution in [0.15, 0.2) is 192 Å². The third-order valence-electron chi connectivity index (χ3n) is 11.7. The standard InChI is InChI=1S/C54H37N3O/c1-54(2)47-27-13-12-24-42(47)43-29-28-38(33-48(43)54)41-25-15-26-44-46-32-40(34-16-6-3-7-17-34)31-45(50(46)58-49(41)44)37-22-14-23-39(30-37)53-56-51(35-18-8-4-9-19-35)55-52(57-53)36-20-10-5-11-21-36/h3-33H,1-2H3. The molecule has 0 radical (unpaired) electrons. The number of fused-ring (bicyclic) bond motifs is 6. The summed E-state index contributed by atoms with van der Waals surface area (Å²) in [7, 11) is 0. The predicted molar refractivity (Wildman–Crippen MR) is 237 cm³/mol. The first kappa shape index (κ1) is 33.9. The summed E-state index contributed by atoms with van der Waals surface area (Å²) < 4.78 is 7.11. The first-order valence-corrected chi connectivity index (χ1v) is 19.8. The van der Waals surface area contributed by atoms with E-state index in [0.29, 0.717) is 17.5 Å². The van der Waals surface area contributed by atoms with Gasteiger partial charge in [0.2, 0.25) is 0 Å². The summed E-state index contributed by atoms with van der Waals surface area (Å²) in [6.45, 7) is 4.66. The number of rotatable bonds is 6. The van der Waals surface area contributed by atoms with Gasteiger partial charge in [0.1, 0.15) is 11.2 Å². The lowest BCUT2D eigenvalue weighted by Crippen LogP contribution is -2.14. The Morgan fingerprint density at radius 1 is 0.328 bits per heavy atom. The van der Waals surface area contributed by atoms with Gasteiger partial charge in [-0.1, -0.05) is 178 Å². The highest BCUT2D eigenvalue weighted by molar-refractivity contribution is 6.14. The minimum Gasteiger partial charge on any atom is -0.455 e. The summed E-state index contributed by atoms with van der Waals surface area (Å²) >= 11 is 0. The van der Waals surface area contributed by atoms with Gasteiger partial charge < -0.3 is 4.42 Å². The van der Waals surface area contributed by atoms with E-state index in [4.69, 9.17) is 19.4 Å². The van der Waals surface area contributed by atoms with E-state index in [1.165, 1.54) is 22.3 Å². The molecule has 0 aliphatic heterocycles. The molecule has 0 saturated carbocycles. The molecule has 58 heavy (non-hydrogen) atoms. The van der Waals surface area contributed by atoms with Gasteiger partial charge in [-0.3, -0.25) is 0 Å². The Hall–Kier alpha value is -7.43. The molecule has 0 N–H and O–H groups in total. The van der Waals surface area contributed by atoms with Gasteiger partial charge in [0.15, 0.2) is 17.5 Å². The normalized spacial score (nSPS) is 12.8. The molecule has 1 aliphatic carbocycles. The Bertz CT molecular complexity index is 3130. The summed E-state index contributed by atoms with van der Waals surface area (Å²) in [6.07, 6.45) is 0. The van der Waals surface area contributed by atoms with Crippen molar-refractivity contribution >= 4 is 21.9 Å². The highest BCUT2D eigenvalue weighted by Gasteiger charge is 2.35.